The zero-order chi connectivity index (χ0) is 15.6. The van der Waals surface area contributed by atoms with E-state index < -0.39 is 17.5 Å². The number of hydrogen-bond donors (Lipinski definition) is 3. The maximum absolute atomic E-state index is 13.7. The van der Waals surface area contributed by atoms with Crippen molar-refractivity contribution in [3.8, 4) is 0 Å². The molecule has 0 aliphatic rings. The third-order valence-electron chi connectivity index (χ3n) is 2.88. The van der Waals surface area contributed by atoms with Gasteiger partial charge < -0.3 is 10.7 Å². The van der Waals surface area contributed by atoms with Crippen molar-refractivity contribution in [3.05, 3.63) is 58.1 Å². The van der Waals surface area contributed by atoms with Gasteiger partial charge in [0.1, 0.15) is 11.6 Å². The predicted molar refractivity (Wildman–Crippen MR) is 78.3 cm³/mol. The number of aryl methyl sites for hydroxylation is 1. The van der Waals surface area contributed by atoms with E-state index in [9.17, 15) is 13.6 Å². The smallest absolute Gasteiger partial charge is 0.257 e. The molecule has 0 aliphatic heterocycles. The molecular weight excluding hydrogens is 300 g/mol. The standard InChI is InChI=1S/C14H12ClF2N3O/c1-7-4-11(17)13(6-10(7)16)19-14(21)9-5-8(15)2-3-12(9)20-18/h2-6,20H,18H2,1H3,(H,19,21). The van der Waals surface area contributed by atoms with Crippen molar-refractivity contribution in [2.75, 3.05) is 10.7 Å². The lowest BCUT2D eigenvalue weighted by Gasteiger charge is -2.11. The van der Waals surface area contributed by atoms with Gasteiger partial charge in [0.05, 0.1) is 16.9 Å². The van der Waals surface area contributed by atoms with Gasteiger partial charge in [-0.1, -0.05) is 11.6 Å². The van der Waals surface area contributed by atoms with Gasteiger partial charge in [-0.05, 0) is 36.8 Å². The molecule has 0 saturated heterocycles. The highest BCUT2D eigenvalue weighted by atomic mass is 35.5. The van der Waals surface area contributed by atoms with Gasteiger partial charge in [0.2, 0.25) is 0 Å². The maximum atomic E-state index is 13.7. The van der Waals surface area contributed by atoms with E-state index in [-0.39, 0.29) is 16.8 Å². The molecular formula is C14H12ClF2N3O. The van der Waals surface area contributed by atoms with Crippen LogP contribution in [0.15, 0.2) is 30.3 Å². The van der Waals surface area contributed by atoms with Crippen LogP contribution in [0.3, 0.4) is 0 Å². The van der Waals surface area contributed by atoms with Gasteiger partial charge in [0, 0.05) is 11.1 Å². The monoisotopic (exact) mass is 311 g/mol. The molecule has 0 unspecified atom stereocenters. The van der Waals surface area contributed by atoms with Gasteiger partial charge in [0.25, 0.3) is 5.91 Å². The molecule has 0 spiro atoms. The Bertz CT molecular complexity index is 707. The lowest BCUT2D eigenvalue weighted by Crippen LogP contribution is -2.18. The second-order valence-electron chi connectivity index (χ2n) is 4.37. The molecule has 7 heteroatoms. The van der Waals surface area contributed by atoms with Gasteiger partial charge in [-0.3, -0.25) is 10.6 Å². The normalized spacial score (nSPS) is 10.3. The number of hydrogen-bond acceptors (Lipinski definition) is 3. The Morgan fingerprint density at radius 1 is 1.14 bits per heavy atom. The quantitative estimate of drug-likeness (QED) is 0.600. The molecule has 2 aromatic rings. The molecule has 0 fully saturated rings. The van der Waals surface area contributed by atoms with Crippen LogP contribution in [0.4, 0.5) is 20.2 Å². The van der Waals surface area contributed by atoms with Crippen molar-refractivity contribution in [2.45, 2.75) is 6.92 Å². The average Bonchev–Trinajstić information content (AvgIpc) is 2.44. The van der Waals surface area contributed by atoms with Crippen molar-refractivity contribution in [1.82, 2.24) is 0 Å². The Balaban J connectivity index is 2.34. The van der Waals surface area contributed by atoms with Crippen LogP contribution in [0.5, 0.6) is 0 Å². The summed E-state index contributed by atoms with van der Waals surface area (Å²) >= 11 is 5.82. The van der Waals surface area contributed by atoms with E-state index in [1.165, 1.54) is 19.1 Å². The number of nitrogens with two attached hydrogens (primary N) is 1. The minimum absolute atomic E-state index is 0.116. The Hall–Kier alpha value is -2.18. The zero-order valence-corrected chi connectivity index (χ0v) is 11.8. The summed E-state index contributed by atoms with van der Waals surface area (Å²) in [6.45, 7) is 1.43. The zero-order valence-electron chi connectivity index (χ0n) is 11.0. The summed E-state index contributed by atoms with van der Waals surface area (Å²) in [6, 6.07) is 6.34. The predicted octanol–water partition coefficient (Wildman–Crippen LogP) is 3.46. The van der Waals surface area contributed by atoms with Crippen LogP contribution in [-0.4, -0.2) is 5.91 Å². The fourth-order valence-corrected chi connectivity index (χ4v) is 1.93. The molecule has 0 saturated carbocycles. The summed E-state index contributed by atoms with van der Waals surface area (Å²) in [6.07, 6.45) is 0. The van der Waals surface area contributed by atoms with Gasteiger partial charge in [-0.25, -0.2) is 8.78 Å². The van der Waals surface area contributed by atoms with E-state index >= 15 is 0 Å². The highest BCUT2D eigenvalue weighted by Gasteiger charge is 2.15. The van der Waals surface area contributed by atoms with Crippen molar-refractivity contribution >= 4 is 28.9 Å². The van der Waals surface area contributed by atoms with E-state index in [1.54, 1.807) is 6.07 Å². The molecule has 2 aromatic carbocycles. The van der Waals surface area contributed by atoms with E-state index in [0.29, 0.717) is 10.7 Å². The molecule has 4 N–H and O–H groups in total. The summed E-state index contributed by atoms with van der Waals surface area (Å²) in [7, 11) is 0. The number of halogens is 3. The molecule has 2 rings (SSSR count). The van der Waals surface area contributed by atoms with Gasteiger partial charge in [-0.15, -0.1) is 0 Å². The lowest BCUT2D eigenvalue weighted by atomic mass is 10.1. The Labute approximate surface area is 124 Å². The first-order valence-electron chi connectivity index (χ1n) is 5.95. The van der Waals surface area contributed by atoms with E-state index in [1.807, 2.05) is 0 Å². The number of carbonyl (C=O) groups is 1. The highest BCUT2D eigenvalue weighted by Crippen LogP contribution is 2.23. The summed E-state index contributed by atoms with van der Waals surface area (Å²) in [5, 5.41) is 2.60. The Morgan fingerprint density at radius 2 is 1.86 bits per heavy atom. The first-order valence-corrected chi connectivity index (χ1v) is 6.33. The average molecular weight is 312 g/mol. The number of nitrogen functional groups attached to an aromatic ring is 1. The Kier molecular flexibility index (Phi) is 4.40. The molecule has 0 atom stereocenters. The fraction of sp³-hybridized carbons (Fsp3) is 0.0714. The molecule has 0 aromatic heterocycles. The van der Waals surface area contributed by atoms with Crippen molar-refractivity contribution in [2.24, 2.45) is 5.84 Å². The fourth-order valence-electron chi connectivity index (χ4n) is 1.76. The number of rotatable bonds is 3. The topological polar surface area (TPSA) is 67.2 Å². The highest BCUT2D eigenvalue weighted by molar-refractivity contribution is 6.31. The molecule has 1 amide bonds. The SMILES string of the molecule is Cc1cc(F)c(NC(=O)c2cc(Cl)ccc2NN)cc1F. The van der Waals surface area contributed by atoms with Crippen LogP contribution in [0.2, 0.25) is 5.02 Å². The lowest BCUT2D eigenvalue weighted by molar-refractivity contribution is 0.102. The third kappa shape index (κ3) is 3.29. The molecule has 0 radical (unpaired) electrons. The van der Waals surface area contributed by atoms with Crippen molar-refractivity contribution < 1.29 is 13.6 Å². The first-order chi connectivity index (χ1) is 9.92. The minimum atomic E-state index is -0.730. The van der Waals surface area contributed by atoms with Crippen LogP contribution in [0, 0.1) is 18.6 Å². The van der Waals surface area contributed by atoms with E-state index in [4.69, 9.17) is 17.4 Å². The Morgan fingerprint density at radius 3 is 2.52 bits per heavy atom. The summed E-state index contributed by atoms with van der Waals surface area (Å²) in [5.41, 5.74) is 2.66. The van der Waals surface area contributed by atoms with Crippen LogP contribution < -0.4 is 16.6 Å². The number of amides is 1. The number of carbonyl (C=O) groups excluding carboxylic acids is 1. The molecule has 21 heavy (non-hydrogen) atoms. The van der Waals surface area contributed by atoms with E-state index in [0.717, 1.165) is 12.1 Å². The number of anilines is 2. The van der Waals surface area contributed by atoms with Gasteiger partial charge >= 0.3 is 0 Å². The summed E-state index contributed by atoms with van der Waals surface area (Å²) in [5.74, 6) is 3.29. The van der Waals surface area contributed by atoms with Crippen LogP contribution >= 0.6 is 11.6 Å². The maximum Gasteiger partial charge on any atom is 0.257 e. The second kappa shape index (κ2) is 6.07. The van der Waals surface area contributed by atoms with Crippen LogP contribution in [0.25, 0.3) is 0 Å². The third-order valence-corrected chi connectivity index (χ3v) is 3.11. The number of hydrazine groups is 1. The summed E-state index contributed by atoms with van der Waals surface area (Å²) < 4.78 is 27.2. The first kappa shape index (κ1) is 15.2. The minimum Gasteiger partial charge on any atom is -0.323 e. The molecule has 4 nitrogen and oxygen atoms in total. The van der Waals surface area contributed by atoms with E-state index in [2.05, 4.69) is 10.7 Å². The second-order valence-corrected chi connectivity index (χ2v) is 4.81. The number of benzene rings is 2. The van der Waals surface area contributed by atoms with Crippen molar-refractivity contribution in [1.29, 1.82) is 0 Å². The molecule has 110 valence electrons. The van der Waals surface area contributed by atoms with Gasteiger partial charge in [-0.2, -0.15) is 0 Å². The van der Waals surface area contributed by atoms with Crippen LogP contribution in [-0.2, 0) is 0 Å². The van der Waals surface area contributed by atoms with Crippen molar-refractivity contribution in [3.63, 3.8) is 0 Å². The number of nitrogens with one attached hydrogen (secondary N) is 2. The molecule has 0 bridgehead atoms. The molecule has 0 heterocycles. The van der Waals surface area contributed by atoms with Gasteiger partial charge in [0.15, 0.2) is 0 Å². The summed E-state index contributed by atoms with van der Waals surface area (Å²) in [4.78, 5) is 12.1. The van der Waals surface area contributed by atoms with Crippen LogP contribution in [0.1, 0.15) is 15.9 Å². The largest absolute Gasteiger partial charge is 0.323 e. The molecule has 0 aliphatic carbocycles.